The summed E-state index contributed by atoms with van der Waals surface area (Å²) >= 11 is 0. The molecule has 0 saturated heterocycles. The maximum Gasteiger partial charge on any atom is 0.124 e. The zero-order valence-electron chi connectivity index (χ0n) is 9.56. The maximum absolute atomic E-state index is 9.37. The molecule has 16 heavy (non-hydrogen) atoms. The predicted octanol–water partition coefficient (Wildman–Crippen LogP) is 1.71. The second kappa shape index (κ2) is 6.01. The van der Waals surface area contributed by atoms with Gasteiger partial charge in [-0.2, -0.15) is 0 Å². The normalized spacial score (nSPS) is 26.6. The van der Waals surface area contributed by atoms with Crippen molar-refractivity contribution in [3.63, 3.8) is 0 Å². The molecule has 0 unspecified atom stereocenters. The van der Waals surface area contributed by atoms with Gasteiger partial charge in [0, 0.05) is 25.3 Å². The Morgan fingerprint density at radius 1 is 1.38 bits per heavy atom. The van der Waals surface area contributed by atoms with Crippen LogP contribution >= 0.6 is 0 Å². The molecule has 90 valence electrons. The Bertz CT molecular complexity index is 287. The third kappa shape index (κ3) is 3.06. The Hall–Kier alpha value is -0.870. The molecule has 0 radical (unpaired) electrons. The summed E-state index contributed by atoms with van der Waals surface area (Å²) in [5.74, 6) is 0.398. The third-order valence-electron chi connectivity index (χ3n) is 3.43. The summed E-state index contributed by atoms with van der Waals surface area (Å²) in [5, 5.41) is 16.7. The first-order valence-electron chi connectivity index (χ1n) is 6.13. The van der Waals surface area contributed by atoms with Crippen LogP contribution in [-0.2, 0) is 6.54 Å². The lowest BCUT2D eigenvalue weighted by atomic mass is 9.95. The van der Waals surface area contributed by atoms with Crippen molar-refractivity contribution in [1.29, 1.82) is 0 Å². The van der Waals surface area contributed by atoms with E-state index in [1.165, 1.54) is 19.3 Å². The third-order valence-corrected chi connectivity index (χ3v) is 3.43. The molecular weight excluding hydrogens is 204 g/mol. The number of aromatic nitrogens is 1. The van der Waals surface area contributed by atoms with Gasteiger partial charge in [-0.25, -0.2) is 0 Å². The summed E-state index contributed by atoms with van der Waals surface area (Å²) in [6.07, 6.45) is 7.67. The van der Waals surface area contributed by atoms with Crippen molar-refractivity contribution in [3.05, 3.63) is 18.0 Å². The van der Waals surface area contributed by atoms with Gasteiger partial charge >= 0.3 is 0 Å². The van der Waals surface area contributed by atoms with Crippen LogP contribution in [0.15, 0.2) is 16.9 Å². The highest BCUT2D eigenvalue weighted by Gasteiger charge is 2.22. The molecule has 1 aliphatic rings. The summed E-state index contributed by atoms with van der Waals surface area (Å²) < 4.78 is 4.79. The first-order valence-corrected chi connectivity index (χ1v) is 6.13. The molecule has 0 aromatic carbocycles. The van der Waals surface area contributed by atoms with Crippen LogP contribution in [0.3, 0.4) is 0 Å². The number of aliphatic hydroxyl groups is 1. The molecule has 0 spiro atoms. The number of hydrogen-bond donors (Lipinski definition) is 2. The van der Waals surface area contributed by atoms with Gasteiger partial charge < -0.3 is 14.9 Å². The van der Waals surface area contributed by atoms with E-state index in [9.17, 15) is 5.11 Å². The van der Waals surface area contributed by atoms with Crippen LogP contribution in [0, 0.1) is 5.92 Å². The van der Waals surface area contributed by atoms with E-state index in [0.717, 1.165) is 25.1 Å². The van der Waals surface area contributed by atoms with Gasteiger partial charge in [0.2, 0.25) is 0 Å². The zero-order chi connectivity index (χ0) is 11.2. The predicted molar refractivity (Wildman–Crippen MR) is 60.8 cm³/mol. The average Bonchev–Trinajstić information content (AvgIpc) is 2.71. The van der Waals surface area contributed by atoms with Crippen molar-refractivity contribution in [2.24, 2.45) is 5.92 Å². The fourth-order valence-electron chi connectivity index (χ4n) is 2.44. The van der Waals surface area contributed by atoms with Crippen LogP contribution in [0.1, 0.15) is 37.8 Å². The molecule has 1 fully saturated rings. The number of hydrogen-bond acceptors (Lipinski definition) is 4. The first kappa shape index (κ1) is 11.6. The average molecular weight is 224 g/mol. The van der Waals surface area contributed by atoms with Crippen molar-refractivity contribution in [2.45, 2.75) is 44.7 Å². The van der Waals surface area contributed by atoms with Gasteiger partial charge in [0.15, 0.2) is 0 Å². The minimum Gasteiger partial charge on any atom is -0.396 e. The number of nitrogens with one attached hydrogen (secondary N) is 1. The molecule has 2 N–H and O–H groups in total. The summed E-state index contributed by atoms with van der Waals surface area (Å²) in [6.45, 7) is 1.02. The molecule has 2 rings (SSSR count). The van der Waals surface area contributed by atoms with Crippen LogP contribution in [-0.4, -0.2) is 22.9 Å². The van der Waals surface area contributed by atoms with Crippen molar-refractivity contribution < 1.29 is 9.63 Å². The highest BCUT2D eigenvalue weighted by atomic mass is 16.5. The minimum atomic E-state index is 0.288. The molecule has 0 amide bonds. The minimum absolute atomic E-state index is 0.288. The lowest BCUT2D eigenvalue weighted by molar-refractivity contribution is 0.180. The van der Waals surface area contributed by atoms with Crippen LogP contribution < -0.4 is 5.32 Å². The van der Waals surface area contributed by atoms with E-state index in [0.29, 0.717) is 12.0 Å². The van der Waals surface area contributed by atoms with Crippen LogP contribution in [0.25, 0.3) is 0 Å². The maximum atomic E-state index is 9.37. The highest BCUT2D eigenvalue weighted by molar-refractivity contribution is 4.95. The number of nitrogens with zero attached hydrogens (tertiary/aromatic N) is 1. The van der Waals surface area contributed by atoms with Crippen molar-refractivity contribution in [2.75, 3.05) is 6.61 Å². The van der Waals surface area contributed by atoms with Crippen molar-refractivity contribution >= 4 is 0 Å². The standard InChI is InChI=1S/C12H20N2O2/c15-9-10-4-2-1-3-5-12(10)13-8-11-6-7-16-14-11/h6-7,10,12-13,15H,1-5,8-9H2/t10-,12+/m0/s1. The zero-order valence-corrected chi connectivity index (χ0v) is 9.56. The molecule has 4 heteroatoms. The van der Waals surface area contributed by atoms with Crippen LogP contribution in [0.5, 0.6) is 0 Å². The summed E-state index contributed by atoms with van der Waals surface area (Å²) in [5.41, 5.74) is 0.931. The fourth-order valence-corrected chi connectivity index (χ4v) is 2.44. The fraction of sp³-hybridized carbons (Fsp3) is 0.750. The summed E-state index contributed by atoms with van der Waals surface area (Å²) in [6, 6.07) is 2.29. The van der Waals surface area contributed by atoms with Gasteiger partial charge in [0.25, 0.3) is 0 Å². The van der Waals surface area contributed by atoms with Crippen molar-refractivity contribution in [1.82, 2.24) is 10.5 Å². The monoisotopic (exact) mass is 224 g/mol. The van der Waals surface area contributed by atoms with Gasteiger partial charge in [-0.05, 0) is 18.8 Å². The Morgan fingerprint density at radius 2 is 2.25 bits per heavy atom. The van der Waals surface area contributed by atoms with E-state index in [1.807, 2.05) is 6.07 Å². The van der Waals surface area contributed by atoms with Gasteiger partial charge in [0.05, 0.1) is 5.69 Å². The summed E-state index contributed by atoms with van der Waals surface area (Å²) in [4.78, 5) is 0. The van der Waals surface area contributed by atoms with Crippen LogP contribution in [0.2, 0.25) is 0 Å². The number of aliphatic hydroxyl groups excluding tert-OH is 1. The van der Waals surface area contributed by atoms with E-state index in [-0.39, 0.29) is 6.61 Å². The molecule has 0 aliphatic heterocycles. The quantitative estimate of drug-likeness (QED) is 0.764. The van der Waals surface area contributed by atoms with E-state index in [1.54, 1.807) is 6.26 Å². The molecular formula is C12H20N2O2. The molecule has 1 aromatic rings. The van der Waals surface area contributed by atoms with E-state index < -0.39 is 0 Å². The smallest absolute Gasteiger partial charge is 0.124 e. The van der Waals surface area contributed by atoms with Crippen molar-refractivity contribution in [3.8, 4) is 0 Å². The lowest BCUT2D eigenvalue weighted by Crippen LogP contribution is -2.36. The molecule has 1 heterocycles. The summed E-state index contributed by atoms with van der Waals surface area (Å²) in [7, 11) is 0. The topological polar surface area (TPSA) is 58.3 Å². The highest BCUT2D eigenvalue weighted by Crippen LogP contribution is 2.23. The van der Waals surface area contributed by atoms with E-state index in [2.05, 4.69) is 10.5 Å². The Balaban J connectivity index is 1.85. The number of rotatable bonds is 4. The van der Waals surface area contributed by atoms with Gasteiger partial charge in [-0.3, -0.25) is 0 Å². The second-order valence-electron chi connectivity index (χ2n) is 4.56. The SMILES string of the molecule is OC[C@@H]1CCCCC[C@H]1NCc1ccon1. The van der Waals surface area contributed by atoms with E-state index >= 15 is 0 Å². The van der Waals surface area contributed by atoms with Gasteiger partial charge in [-0.15, -0.1) is 0 Å². The Morgan fingerprint density at radius 3 is 3.00 bits per heavy atom. The molecule has 1 aromatic heterocycles. The Kier molecular flexibility index (Phi) is 4.36. The molecule has 2 atom stereocenters. The molecule has 0 bridgehead atoms. The largest absolute Gasteiger partial charge is 0.396 e. The molecule has 4 nitrogen and oxygen atoms in total. The van der Waals surface area contributed by atoms with Gasteiger partial charge in [-0.1, -0.05) is 24.4 Å². The second-order valence-corrected chi connectivity index (χ2v) is 4.56. The van der Waals surface area contributed by atoms with E-state index in [4.69, 9.17) is 4.52 Å². The Labute approximate surface area is 96.0 Å². The lowest BCUT2D eigenvalue weighted by Gasteiger charge is -2.24. The van der Waals surface area contributed by atoms with Crippen LogP contribution in [0.4, 0.5) is 0 Å². The molecule has 1 aliphatic carbocycles. The first-order chi connectivity index (χ1) is 7.90. The molecule has 1 saturated carbocycles. The van der Waals surface area contributed by atoms with Gasteiger partial charge in [0.1, 0.15) is 6.26 Å².